The minimum absolute atomic E-state index is 0.00685. The Hall–Kier alpha value is -1.64. The minimum Gasteiger partial charge on any atom is -0.397 e. The first-order chi connectivity index (χ1) is 9.20. The van der Waals surface area contributed by atoms with Crippen molar-refractivity contribution in [2.75, 3.05) is 11.1 Å². The van der Waals surface area contributed by atoms with Crippen molar-refractivity contribution < 1.29 is 8.42 Å². The second-order valence-electron chi connectivity index (χ2n) is 4.88. The number of hydrogen-bond acceptors (Lipinski definition) is 6. The highest BCUT2D eigenvalue weighted by molar-refractivity contribution is 7.89. The van der Waals surface area contributed by atoms with Gasteiger partial charge in [-0.25, -0.2) is 18.5 Å². The predicted molar refractivity (Wildman–Crippen MR) is 81.0 cm³/mol. The van der Waals surface area contributed by atoms with Gasteiger partial charge in [0.25, 0.3) is 0 Å². The molecule has 0 saturated carbocycles. The summed E-state index contributed by atoms with van der Waals surface area (Å²) in [6.45, 7) is 3.94. The number of nitrogens with two attached hydrogens (primary N) is 2. The number of rotatable bonds is 4. The molecule has 0 radical (unpaired) electrons. The summed E-state index contributed by atoms with van der Waals surface area (Å²) >= 11 is 1.53. The summed E-state index contributed by atoms with van der Waals surface area (Å²) in [6.07, 6.45) is 1.73. The molecule has 0 aliphatic carbocycles. The summed E-state index contributed by atoms with van der Waals surface area (Å²) in [7, 11) is -3.75. The average molecular weight is 312 g/mol. The Morgan fingerprint density at radius 3 is 2.55 bits per heavy atom. The van der Waals surface area contributed by atoms with Crippen LogP contribution in [0.5, 0.6) is 0 Å². The SMILES string of the molecule is CC(C)(Nc1ccc(S(N)(=O)=O)cc1N)c1nccs1. The molecule has 6 nitrogen and oxygen atoms in total. The molecule has 0 spiro atoms. The number of primary sulfonamides is 1. The predicted octanol–water partition coefficient (Wildman–Crippen LogP) is 1.72. The smallest absolute Gasteiger partial charge is 0.238 e. The molecule has 1 aromatic carbocycles. The molecule has 2 rings (SSSR count). The molecule has 0 aliphatic rings. The van der Waals surface area contributed by atoms with Gasteiger partial charge in [-0.3, -0.25) is 0 Å². The summed E-state index contributed by atoms with van der Waals surface area (Å²) in [5.74, 6) is 0. The van der Waals surface area contributed by atoms with Crippen LogP contribution in [0.25, 0.3) is 0 Å². The van der Waals surface area contributed by atoms with Crippen LogP contribution in [0, 0.1) is 0 Å². The fraction of sp³-hybridized carbons (Fsp3) is 0.250. The normalized spacial score (nSPS) is 12.3. The molecule has 5 N–H and O–H groups in total. The van der Waals surface area contributed by atoms with E-state index in [1.54, 1.807) is 12.3 Å². The van der Waals surface area contributed by atoms with Gasteiger partial charge in [-0.05, 0) is 32.0 Å². The van der Waals surface area contributed by atoms with Crippen molar-refractivity contribution in [3.05, 3.63) is 34.8 Å². The Kier molecular flexibility index (Phi) is 3.72. The van der Waals surface area contributed by atoms with Crippen molar-refractivity contribution in [2.45, 2.75) is 24.3 Å². The van der Waals surface area contributed by atoms with Gasteiger partial charge in [0.15, 0.2) is 0 Å². The lowest BCUT2D eigenvalue weighted by atomic mass is 10.1. The van der Waals surface area contributed by atoms with Crippen LogP contribution >= 0.6 is 11.3 Å². The number of hydrogen-bond donors (Lipinski definition) is 3. The van der Waals surface area contributed by atoms with E-state index in [9.17, 15) is 8.42 Å². The van der Waals surface area contributed by atoms with Crippen molar-refractivity contribution >= 4 is 32.7 Å². The highest BCUT2D eigenvalue weighted by Gasteiger charge is 2.24. The van der Waals surface area contributed by atoms with E-state index < -0.39 is 15.6 Å². The van der Waals surface area contributed by atoms with Gasteiger partial charge < -0.3 is 11.1 Å². The molecule has 1 aromatic heterocycles. The first kappa shape index (κ1) is 14.8. The van der Waals surface area contributed by atoms with Crippen LogP contribution in [-0.4, -0.2) is 13.4 Å². The first-order valence-electron chi connectivity index (χ1n) is 5.80. The molecular weight excluding hydrogens is 296 g/mol. The Morgan fingerprint density at radius 2 is 2.05 bits per heavy atom. The molecule has 0 atom stereocenters. The lowest BCUT2D eigenvalue weighted by Crippen LogP contribution is -2.28. The zero-order valence-electron chi connectivity index (χ0n) is 11.1. The third kappa shape index (κ3) is 3.09. The van der Waals surface area contributed by atoms with Crippen LogP contribution in [0.4, 0.5) is 11.4 Å². The number of anilines is 2. The number of nitrogens with one attached hydrogen (secondary N) is 1. The number of nitrogen functional groups attached to an aromatic ring is 1. The standard InChI is InChI=1S/C12H16N4O2S2/c1-12(2,11-15-5-6-19-11)16-10-4-3-8(7-9(10)13)20(14,17)18/h3-7,16H,13H2,1-2H3,(H2,14,17,18). The van der Waals surface area contributed by atoms with E-state index in [0.29, 0.717) is 11.4 Å². The molecule has 0 unspecified atom stereocenters. The topological polar surface area (TPSA) is 111 Å². The van der Waals surface area contributed by atoms with Crippen molar-refractivity contribution in [1.82, 2.24) is 4.98 Å². The van der Waals surface area contributed by atoms with Gasteiger partial charge in [-0.15, -0.1) is 11.3 Å². The van der Waals surface area contributed by atoms with E-state index in [0.717, 1.165) is 5.01 Å². The Labute approximate surface area is 121 Å². The third-order valence-electron chi connectivity index (χ3n) is 2.77. The maximum atomic E-state index is 11.3. The van der Waals surface area contributed by atoms with E-state index >= 15 is 0 Å². The molecule has 8 heteroatoms. The average Bonchev–Trinajstić information content (AvgIpc) is 2.84. The third-order valence-corrected chi connectivity index (χ3v) is 4.77. The minimum atomic E-state index is -3.75. The maximum absolute atomic E-state index is 11.3. The van der Waals surface area contributed by atoms with Crippen molar-refractivity contribution in [1.29, 1.82) is 0 Å². The number of aromatic nitrogens is 1. The summed E-state index contributed by atoms with van der Waals surface area (Å²) in [5, 5.41) is 11.1. The van der Waals surface area contributed by atoms with Crippen molar-refractivity contribution in [2.24, 2.45) is 5.14 Å². The zero-order valence-corrected chi connectivity index (χ0v) is 12.8. The monoisotopic (exact) mass is 312 g/mol. The molecule has 0 amide bonds. The molecule has 2 aromatic rings. The summed E-state index contributed by atoms with van der Waals surface area (Å²) < 4.78 is 22.5. The van der Waals surface area contributed by atoms with Gasteiger partial charge in [-0.2, -0.15) is 0 Å². The Morgan fingerprint density at radius 1 is 1.35 bits per heavy atom. The number of nitrogens with zero attached hydrogens (tertiary/aromatic N) is 1. The van der Waals surface area contributed by atoms with Crippen LogP contribution in [0.15, 0.2) is 34.7 Å². The van der Waals surface area contributed by atoms with Crippen molar-refractivity contribution in [3.8, 4) is 0 Å². The first-order valence-corrected chi connectivity index (χ1v) is 8.23. The van der Waals surface area contributed by atoms with Gasteiger partial charge in [0.05, 0.1) is 21.8 Å². The van der Waals surface area contributed by atoms with E-state index in [1.165, 1.54) is 23.5 Å². The molecule has 0 aliphatic heterocycles. The molecule has 108 valence electrons. The van der Waals surface area contributed by atoms with Crippen LogP contribution in [0.3, 0.4) is 0 Å². The van der Waals surface area contributed by atoms with E-state index in [1.807, 2.05) is 19.2 Å². The maximum Gasteiger partial charge on any atom is 0.238 e. The lowest BCUT2D eigenvalue weighted by Gasteiger charge is -2.26. The molecule has 20 heavy (non-hydrogen) atoms. The number of thiazole rings is 1. The molecule has 1 heterocycles. The number of sulfonamides is 1. The van der Waals surface area contributed by atoms with Crippen molar-refractivity contribution in [3.63, 3.8) is 0 Å². The summed E-state index contributed by atoms with van der Waals surface area (Å²) in [4.78, 5) is 4.26. The van der Waals surface area contributed by atoms with Crippen LogP contribution in [0.1, 0.15) is 18.9 Å². The van der Waals surface area contributed by atoms with Crippen LogP contribution in [-0.2, 0) is 15.6 Å². The number of benzene rings is 1. The highest BCUT2D eigenvalue weighted by Crippen LogP contribution is 2.30. The van der Waals surface area contributed by atoms with E-state index in [4.69, 9.17) is 10.9 Å². The van der Waals surface area contributed by atoms with Crippen LogP contribution in [0.2, 0.25) is 0 Å². The van der Waals surface area contributed by atoms with Gasteiger partial charge in [0.2, 0.25) is 10.0 Å². The van der Waals surface area contributed by atoms with Gasteiger partial charge in [-0.1, -0.05) is 0 Å². The molecule has 0 saturated heterocycles. The fourth-order valence-corrected chi connectivity index (χ4v) is 3.02. The summed E-state index contributed by atoms with van der Waals surface area (Å²) in [6, 6.07) is 4.37. The second-order valence-corrected chi connectivity index (χ2v) is 7.34. The van der Waals surface area contributed by atoms with Gasteiger partial charge in [0.1, 0.15) is 5.01 Å². The highest BCUT2D eigenvalue weighted by atomic mass is 32.2. The van der Waals surface area contributed by atoms with Gasteiger partial charge in [0, 0.05) is 11.6 Å². The molecular formula is C12H16N4O2S2. The quantitative estimate of drug-likeness (QED) is 0.744. The van der Waals surface area contributed by atoms with E-state index in [-0.39, 0.29) is 4.90 Å². The molecule has 0 bridgehead atoms. The Balaban J connectivity index is 2.31. The summed E-state index contributed by atoms with van der Waals surface area (Å²) in [5.41, 5.74) is 6.42. The second kappa shape index (κ2) is 5.04. The Bertz CT molecular complexity index is 709. The molecule has 0 fully saturated rings. The van der Waals surface area contributed by atoms with Crippen LogP contribution < -0.4 is 16.2 Å². The lowest BCUT2D eigenvalue weighted by molar-refractivity contribution is 0.597. The zero-order chi connectivity index (χ0) is 15.0. The van der Waals surface area contributed by atoms with Gasteiger partial charge >= 0.3 is 0 Å². The van der Waals surface area contributed by atoms with E-state index in [2.05, 4.69) is 10.3 Å². The largest absolute Gasteiger partial charge is 0.397 e. The fourth-order valence-electron chi connectivity index (χ4n) is 1.75.